The van der Waals surface area contributed by atoms with Crippen molar-refractivity contribution in [2.24, 2.45) is 0 Å². The van der Waals surface area contributed by atoms with Crippen molar-refractivity contribution in [1.82, 2.24) is 9.80 Å². The number of allylic oxidation sites excluding steroid dienone is 1. The van der Waals surface area contributed by atoms with E-state index in [0.29, 0.717) is 29.8 Å². The smallest absolute Gasteiger partial charge is 0.185 e. The summed E-state index contributed by atoms with van der Waals surface area (Å²) in [5.74, 6) is -0.580. The molecule has 7 heteroatoms. The average molecular weight is 427 g/mol. The molecule has 0 amide bonds. The Balaban J connectivity index is 0.00000392. The lowest BCUT2D eigenvalue weighted by Gasteiger charge is -2.17. The van der Waals surface area contributed by atoms with E-state index < -0.39 is 5.82 Å². The fraction of sp³-hybridized carbons (Fsp3) is 0.286. The Morgan fingerprint density at radius 1 is 1.11 bits per heavy atom. The monoisotopic (exact) mass is 426 g/mol. The molecule has 0 aliphatic rings. The van der Waals surface area contributed by atoms with Gasteiger partial charge in [-0.05, 0) is 64.6 Å². The lowest BCUT2D eigenvalue weighted by atomic mass is 10.00. The molecule has 0 saturated carbocycles. The number of aromatic hydroxyl groups is 1. The van der Waals surface area contributed by atoms with Gasteiger partial charge in [0, 0.05) is 35.3 Å². The number of carbonyl (C=O) groups excluding carboxylic acids is 1. The van der Waals surface area contributed by atoms with Crippen molar-refractivity contribution >= 4 is 35.9 Å². The van der Waals surface area contributed by atoms with E-state index in [9.17, 15) is 14.3 Å². The molecule has 0 saturated heterocycles. The van der Waals surface area contributed by atoms with E-state index in [1.54, 1.807) is 18.2 Å². The largest absolute Gasteiger partial charge is 0.507 e. The minimum Gasteiger partial charge on any atom is -0.507 e. The second-order valence-corrected chi connectivity index (χ2v) is 7.36. The van der Waals surface area contributed by atoms with Crippen LogP contribution in [0.1, 0.15) is 27.0 Å². The molecule has 28 heavy (non-hydrogen) atoms. The maximum atomic E-state index is 13.9. The fourth-order valence-corrected chi connectivity index (χ4v) is 2.98. The molecule has 0 spiro atoms. The first-order valence-electron chi connectivity index (χ1n) is 8.49. The van der Waals surface area contributed by atoms with Gasteiger partial charge in [-0.1, -0.05) is 17.7 Å². The molecule has 4 nitrogen and oxygen atoms in total. The van der Waals surface area contributed by atoms with Crippen molar-refractivity contribution in [3.63, 3.8) is 0 Å². The average Bonchev–Trinajstić information content (AvgIpc) is 2.56. The van der Waals surface area contributed by atoms with Crippen molar-refractivity contribution in [1.29, 1.82) is 0 Å². The van der Waals surface area contributed by atoms with Gasteiger partial charge >= 0.3 is 0 Å². The highest BCUT2D eigenvalue weighted by atomic mass is 35.5. The Hall–Kier alpha value is -1.92. The quantitative estimate of drug-likeness (QED) is 0.517. The standard InChI is InChI=1S/C21H24ClFN2O2.ClH/c1-24(2)12-15-10-14(11-16(21(15)27)13-25(3)4)20(26)9-8-17-18(22)6-5-7-19(17)23;/h5-11,27H,12-13H2,1-4H3;1H/b9-8+;. The normalized spacial score (nSPS) is 11.3. The maximum Gasteiger partial charge on any atom is 0.185 e. The van der Waals surface area contributed by atoms with E-state index in [4.69, 9.17) is 11.6 Å². The van der Waals surface area contributed by atoms with Crippen molar-refractivity contribution in [2.75, 3.05) is 28.2 Å². The van der Waals surface area contributed by atoms with Gasteiger partial charge in [0.1, 0.15) is 11.6 Å². The molecular weight excluding hydrogens is 402 g/mol. The molecule has 0 fully saturated rings. The summed E-state index contributed by atoms with van der Waals surface area (Å²) in [6, 6.07) is 7.72. The minimum absolute atomic E-state index is 0. The number of halogens is 3. The third-order valence-corrected chi connectivity index (χ3v) is 4.26. The van der Waals surface area contributed by atoms with E-state index in [0.717, 1.165) is 0 Å². The third-order valence-electron chi connectivity index (χ3n) is 3.93. The molecule has 2 aromatic rings. The molecule has 0 unspecified atom stereocenters. The summed E-state index contributed by atoms with van der Waals surface area (Å²) in [5.41, 5.74) is 1.94. The summed E-state index contributed by atoms with van der Waals surface area (Å²) in [7, 11) is 7.55. The highest BCUT2D eigenvalue weighted by molar-refractivity contribution is 6.32. The zero-order valence-corrected chi connectivity index (χ0v) is 17.9. The van der Waals surface area contributed by atoms with Crippen LogP contribution in [-0.4, -0.2) is 48.9 Å². The second kappa shape index (κ2) is 10.6. The van der Waals surface area contributed by atoms with Crippen LogP contribution in [0.25, 0.3) is 6.08 Å². The first-order valence-corrected chi connectivity index (χ1v) is 8.87. The minimum atomic E-state index is -0.487. The maximum absolute atomic E-state index is 13.9. The first kappa shape index (κ1) is 24.1. The van der Waals surface area contributed by atoms with Crippen molar-refractivity contribution in [2.45, 2.75) is 13.1 Å². The number of benzene rings is 2. The Morgan fingerprint density at radius 3 is 2.11 bits per heavy atom. The number of ketones is 1. The lowest BCUT2D eigenvalue weighted by Crippen LogP contribution is -2.15. The summed E-state index contributed by atoms with van der Waals surface area (Å²) in [4.78, 5) is 16.5. The van der Waals surface area contributed by atoms with Crippen LogP contribution in [0.3, 0.4) is 0 Å². The molecule has 0 heterocycles. The summed E-state index contributed by atoms with van der Waals surface area (Å²) in [6.45, 7) is 0.993. The first-order chi connectivity index (χ1) is 12.7. The van der Waals surface area contributed by atoms with Crippen molar-refractivity contribution in [3.05, 3.63) is 69.5 Å². The second-order valence-electron chi connectivity index (χ2n) is 6.95. The number of phenolic OH excluding ortho intramolecular Hbond substituents is 1. The predicted octanol–water partition coefficient (Wildman–Crippen LogP) is 4.63. The molecule has 0 atom stereocenters. The van der Waals surface area contributed by atoms with Crippen LogP contribution >= 0.6 is 24.0 Å². The summed E-state index contributed by atoms with van der Waals surface area (Å²) >= 11 is 6.00. The van der Waals surface area contributed by atoms with Gasteiger partial charge in [0.15, 0.2) is 5.78 Å². The zero-order chi connectivity index (χ0) is 20.1. The van der Waals surface area contributed by atoms with E-state index in [1.165, 1.54) is 24.3 Å². The van der Waals surface area contributed by atoms with Gasteiger partial charge in [-0.15, -0.1) is 12.4 Å². The van der Waals surface area contributed by atoms with Crippen molar-refractivity contribution < 1.29 is 14.3 Å². The van der Waals surface area contributed by atoms with E-state index in [2.05, 4.69) is 0 Å². The van der Waals surface area contributed by atoms with Crippen LogP contribution in [0.2, 0.25) is 5.02 Å². The number of hydrogen-bond donors (Lipinski definition) is 1. The summed E-state index contributed by atoms with van der Waals surface area (Å²) < 4.78 is 13.9. The number of nitrogens with zero attached hydrogens (tertiary/aromatic N) is 2. The molecule has 152 valence electrons. The van der Waals surface area contributed by atoms with E-state index in [-0.39, 0.29) is 34.5 Å². The van der Waals surface area contributed by atoms with Gasteiger partial charge in [-0.2, -0.15) is 0 Å². The van der Waals surface area contributed by atoms with Crippen LogP contribution in [0, 0.1) is 5.82 Å². The number of phenols is 1. The highest BCUT2D eigenvalue weighted by Crippen LogP contribution is 2.27. The molecule has 1 N–H and O–H groups in total. The van der Waals surface area contributed by atoms with Gasteiger partial charge in [-0.25, -0.2) is 4.39 Å². The third kappa shape index (κ3) is 6.31. The van der Waals surface area contributed by atoms with Crippen LogP contribution in [-0.2, 0) is 13.1 Å². The molecule has 0 aliphatic carbocycles. The molecule has 2 rings (SSSR count). The number of rotatable bonds is 7. The SMILES string of the molecule is CN(C)Cc1cc(C(=O)/C=C/c2c(F)cccc2Cl)cc(CN(C)C)c1O.Cl. The Labute approximate surface area is 176 Å². The Morgan fingerprint density at radius 2 is 1.64 bits per heavy atom. The number of hydrogen-bond acceptors (Lipinski definition) is 4. The molecule has 0 bridgehead atoms. The van der Waals surface area contributed by atoms with Crippen LogP contribution in [0.4, 0.5) is 4.39 Å². The highest BCUT2D eigenvalue weighted by Gasteiger charge is 2.15. The topological polar surface area (TPSA) is 43.8 Å². The van der Waals surface area contributed by atoms with Gasteiger partial charge in [0.25, 0.3) is 0 Å². The molecule has 0 aromatic heterocycles. The molecule has 2 aromatic carbocycles. The van der Waals surface area contributed by atoms with Gasteiger partial charge in [-0.3, -0.25) is 4.79 Å². The van der Waals surface area contributed by atoms with Gasteiger partial charge in [0.05, 0.1) is 5.02 Å². The Bertz CT molecular complexity index is 816. The zero-order valence-electron chi connectivity index (χ0n) is 16.4. The van der Waals surface area contributed by atoms with Crippen molar-refractivity contribution in [3.8, 4) is 5.75 Å². The predicted molar refractivity (Wildman–Crippen MR) is 115 cm³/mol. The van der Waals surface area contributed by atoms with E-state index in [1.807, 2.05) is 38.0 Å². The molecule has 0 aliphatic heterocycles. The lowest BCUT2D eigenvalue weighted by molar-refractivity contribution is 0.104. The summed E-state index contributed by atoms with van der Waals surface area (Å²) in [6.07, 6.45) is 2.68. The van der Waals surface area contributed by atoms with Crippen LogP contribution < -0.4 is 0 Å². The van der Waals surface area contributed by atoms with E-state index >= 15 is 0 Å². The molecule has 0 radical (unpaired) electrons. The van der Waals surface area contributed by atoms with Crippen LogP contribution in [0.15, 0.2) is 36.4 Å². The van der Waals surface area contributed by atoms with Gasteiger partial charge < -0.3 is 14.9 Å². The summed E-state index contributed by atoms with van der Waals surface area (Å²) in [5, 5.41) is 10.8. The van der Waals surface area contributed by atoms with Gasteiger partial charge in [0.2, 0.25) is 0 Å². The van der Waals surface area contributed by atoms with Crippen LogP contribution in [0.5, 0.6) is 5.75 Å². The number of carbonyl (C=O) groups is 1. The Kier molecular flexibility index (Phi) is 9.11. The fourth-order valence-electron chi connectivity index (χ4n) is 2.75. The molecular formula is C21H25Cl2FN2O2.